The molecular weight excluding hydrogens is 296 g/mol. The molecular formula is C17H26N2O4. The Kier molecular flexibility index (Phi) is 6.65. The van der Waals surface area contributed by atoms with Gasteiger partial charge in [-0.25, -0.2) is 0 Å². The van der Waals surface area contributed by atoms with E-state index in [0.29, 0.717) is 25.0 Å². The van der Waals surface area contributed by atoms with Crippen LogP contribution in [0.5, 0.6) is 0 Å². The number of hydrogen-bond acceptors (Lipinski definition) is 5. The second kappa shape index (κ2) is 8.72. The molecule has 0 saturated carbocycles. The third-order valence-corrected chi connectivity index (χ3v) is 4.07. The zero-order valence-electron chi connectivity index (χ0n) is 13.7. The summed E-state index contributed by atoms with van der Waals surface area (Å²) in [6.07, 6.45) is 11.0. The van der Waals surface area contributed by atoms with Gasteiger partial charge in [-0.3, -0.25) is 9.59 Å². The fourth-order valence-corrected chi connectivity index (χ4v) is 2.73. The van der Waals surface area contributed by atoms with E-state index in [1.807, 2.05) is 17.2 Å². The highest BCUT2D eigenvalue weighted by molar-refractivity contribution is 5.92. The molecule has 0 unspecified atom stereocenters. The van der Waals surface area contributed by atoms with Crippen molar-refractivity contribution in [2.24, 2.45) is 5.73 Å². The molecule has 0 aromatic carbocycles. The molecule has 0 radical (unpaired) electrons. The van der Waals surface area contributed by atoms with Crippen molar-refractivity contribution < 1.29 is 19.1 Å². The molecule has 2 heterocycles. The zero-order chi connectivity index (χ0) is 16.7. The molecule has 2 rings (SSSR count). The second-order valence-corrected chi connectivity index (χ2v) is 5.98. The Morgan fingerprint density at radius 1 is 1.39 bits per heavy atom. The van der Waals surface area contributed by atoms with Crippen molar-refractivity contribution in [3.8, 4) is 0 Å². The van der Waals surface area contributed by atoms with Gasteiger partial charge in [0.2, 0.25) is 5.91 Å². The van der Waals surface area contributed by atoms with Crippen molar-refractivity contribution in [3.05, 3.63) is 24.0 Å². The van der Waals surface area contributed by atoms with Crippen LogP contribution in [-0.2, 0) is 19.1 Å². The van der Waals surface area contributed by atoms with E-state index >= 15 is 0 Å². The van der Waals surface area contributed by atoms with Gasteiger partial charge >= 0.3 is 5.97 Å². The van der Waals surface area contributed by atoms with E-state index in [1.54, 1.807) is 6.20 Å². The molecule has 23 heavy (non-hydrogen) atoms. The second-order valence-electron chi connectivity index (χ2n) is 5.98. The smallest absolute Gasteiger partial charge is 0.305 e. The van der Waals surface area contributed by atoms with Crippen molar-refractivity contribution in [1.29, 1.82) is 0 Å². The first-order valence-corrected chi connectivity index (χ1v) is 8.35. The van der Waals surface area contributed by atoms with Gasteiger partial charge in [0.25, 0.3) is 0 Å². The number of ether oxygens (including phenoxy) is 2. The van der Waals surface area contributed by atoms with Crippen LogP contribution >= 0.6 is 0 Å². The third-order valence-electron chi connectivity index (χ3n) is 4.07. The largest absolute Gasteiger partial charge is 0.463 e. The van der Waals surface area contributed by atoms with E-state index in [1.165, 1.54) is 0 Å². The monoisotopic (exact) mass is 322 g/mol. The van der Waals surface area contributed by atoms with Crippen LogP contribution < -0.4 is 5.73 Å². The fraction of sp³-hybridized carbons (Fsp3) is 0.647. The number of rotatable bonds is 8. The molecule has 1 fully saturated rings. The SMILES string of the molecule is CCCCCC(=O)OC[C@@H]1CC[C@H](N2C=CCC(C(N)=O)=C2)O1. The molecule has 128 valence electrons. The molecule has 6 nitrogen and oxygen atoms in total. The Bertz CT molecular complexity index is 487. The average molecular weight is 322 g/mol. The lowest BCUT2D eigenvalue weighted by Gasteiger charge is -2.27. The first-order chi connectivity index (χ1) is 11.1. The van der Waals surface area contributed by atoms with Crippen LogP contribution in [0.2, 0.25) is 0 Å². The Morgan fingerprint density at radius 2 is 2.22 bits per heavy atom. The molecule has 0 bridgehead atoms. The number of allylic oxidation sites excluding steroid dienone is 1. The van der Waals surface area contributed by atoms with E-state index in [0.717, 1.165) is 32.1 Å². The number of unbranched alkanes of at least 4 members (excludes halogenated alkanes) is 2. The minimum atomic E-state index is -0.407. The standard InChI is InChI=1S/C17H26N2O4/c1-2-3-4-7-16(20)22-12-14-8-9-15(23-14)19-10-5-6-13(11-19)17(18)21/h5,10-11,14-15H,2-4,6-9,12H2,1H3,(H2,18,21)/t14-,15+/m0/s1. The van der Waals surface area contributed by atoms with Gasteiger partial charge in [-0.15, -0.1) is 0 Å². The number of nitrogens with zero attached hydrogens (tertiary/aromatic N) is 1. The van der Waals surface area contributed by atoms with Crippen molar-refractivity contribution in [1.82, 2.24) is 4.90 Å². The van der Waals surface area contributed by atoms with Gasteiger partial charge < -0.3 is 20.1 Å². The summed E-state index contributed by atoms with van der Waals surface area (Å²) in [7, 11) is 0. The predicted octanol–water partition coefficient (Wildman–Crippen LogP) is 2.20. The Morgan fingerprint density at radius 3 is 2.96 bits per heavy atom. The molecule has 6 heteroatoms. The summed E-state index contributed by atoms with van der Waals surface area (Å²) < 4.78 is 11.2. The maximum absolute atomic E-state index is 11.6. The van der Waals surface area contributed by atoms with Crippen LogP contribution in [-0.4, -0.2) is 35.7 Å². The van der Waals surface area contributed by atoms with Crippen molar-refractivity contribution in [3.63, 3.8) is 0 Å². The first kappa shape index (κ1) is 17.5. The first-order valence-electron chi connectivity index (χ1n) is 8.35. The summed E-state index contributed by atoms with van der Waals surface area (Å²) in [4.78, 5) is 24.7. The van der Waals surface area contributed by atoms with Gasteiger partial charge in [0, 0.05) is 24.4 Å². The molecule has 0 aromatic heterocycles. The van der Waals surface area contributed by atoms with Gasteiger partial charge in [-0.2, -0.15) is 0 Å². The Hall–Kier alpha value is -1.82. The average Bonchev–Trinajstić information content (AvgIpc) is 3.02. The highest BCUT2D eigenvalue weighted by Gasteiger charge is 2.30. The summed E-state index contributed by atoms with van der Waals surface area (Å²) in [5, 5.41) is 0. The molecule has 2 atom stereocenters. The highest BCUT2D eigenvalue weighted by Crippen LogP contribution is 2.26. The minimum Gasteiger partial charge on any atom is -0.463 e. The van der Waals surface area contributed by atoms with Crippen LogP contribution in [0, 0.1) is 0 Å². The lowest BCUT2D eigenvalue weighted by Crippen LogP contribution is -2.30. The fourth-order valence-electron chi connectivity index (χ4n) is 2.73. The number of esters is 1. The molecule has 0 aromatic rings. The van der Waals surface area contributed by atoms with E-state index in [9.17, 15) is 9.59 Å². The van der Waals surface area contributed by atoms with E-state index in [-0.39, 0.29) is 18.3 Å². The van der Waals surface area contributed by atoms with Crippen molar-refractivity contribution in [2.75, 3.05) is 6.61 Å². The molecule has 2 N–H and O–H groups in total. The van der Waals surface area contributed by atoms with Gasteiger partial charge in [-0.1, -0.05) is 25.8 Å². The number of hydrogen-bond donors (Lipinski definition) is 1. The number of primary amides is 1. The quantitative estimate of drug-likeness (QED) is 0.547. The van der Waals surface area contributed by atoms with Gasteiger partial charge in [0.1, 0.15) is 12.8 Å². The number of nitrogens with two attached hydrogens (primary N) is 1. The van der Waals surface area contributed by atoms with Gasteiger partial charge in [0.15, 0.2) is 0 Å². The topological polar surface area (TPSA) is 81.9 Å². The molecule has 0 aliphatic carbocycles. The van der Waals surface area contributed by atoms with Gasteiger partial charge in [-0.05, 0) is 25.7 Å². The summed E-state index contributed by atoms with van der Waals surface area (Å²) >= 11 is 0. The maximum atomic E-state index is 11.6. The maximum Gasteiger partial charge on any atom is 0.305 e. The van der Waals surface area contributed by atoms with E-state index in [2.05, 4.69) is 6.92 Å². The van der Waals surface area contributed by atoms with Crippen molar-refractivity contribution >= 4 is 11.9 Å². The summed E-state index contributed by atoms with van der Waals surface area (Å²) in [5.41, 5.74) is 5.89. The number of carbonyl (C=O) groups excluding carboxylic acids is 2. The number of carbonyl (C=O) groups is 2. The minimum absolute atomic E-state index is 0.0871. The lowest BCUT2D eigenvalue weighted by molar-refractivity contribution is -0.148. The van der Waals surface area contributed by atoms with Crippen LogP contribution in [0.25, 0.3) is 0 Å². The Balaban J connectivity index is 1.73. The predicted molar refractivity (Wildman–Crippen MR) is 85.9 cm³/mol. The zero-order valence-corrected chi connectivity index (χ0v) is 13.7. The third kappa shape index (κ3) is 5.39. The lowest BCUT2D eigenvalue weighted by atomic mass is 10.1. The summed E-state index contributed by atoms with van der Waals surface area (Å²) in [6, 6.07) is 0. The molecule has 1 amide bonds. The molecule has 2 aliphatic heterocycles. The van der Waals surface area contributed by atoms with E-state index in [4.69, 9.17) is 15.2 Å². The molecule has 0 spiro atoms. The normalized spacial score (nSPS) is 23.7. The summed E-state index contributed by atoms with van der Waals surface area (Å²) in [6.45, 7) is 2.40. The van der Waals surface area contributed by atoms with Gasteiger partial charge in [0.05, 0.1) is 6.10 Å². The summed E-state index contributed by atoms with van der Waals surface area (Å²) in [5.74, 6) is -0.561. The van der Waals surface area contributed by atoms with Crippen LogP contribution in [0.1, 0.15) is 51.9 Å². The Labute approximate surface area is 137 Å². The molecule has 1 saturated heterocycles. The van der Waals surface area contributed by atoms with E-state index < -0.39 is 5.91 Å². The van der Waals surface area contributed by atoms with Crippen LogP contribution in [0.15, 0.2) is 24.0 Å². The van der Waals surface area contributed by atoms with Crippen molar-refractivity contribution in [2.45, 2.75) is 64.2 Å². The van der Waals surface area contributed by atoms with Crippen LogP contribution in [0.4, 0.5) is 0 Å². The molecule has 2 aliphatic rings. The number of amides is 1. The highest BCUT2D eigenvalue weighted by atomic mass is 16.6. The van der Waals surface area contributed by atoms with Crippen LogP contribution in [0.3, 0.4) is 0 Å².